The third-order valence-corrected chi connectivity index (χ3v) is 2.39. The van der Waals surface area contributed by atoms with Gasteiger partial charge in [-0.1, -0.05) is 34.1 Å². The van der Waals surface area contributed by atoms with E-state index < -0.39 is 0 Å². The predicted molar refractivity (Wildman–Crippen MR) is 61.9 cm³/mol. The number of hydrogen-bond acceptors (Lipinski definition) is 1. The largest absolute Gasteiger partial charge is 0.353 e. The number of halogens is 1. The van der Waals surface area contributed by atoms with Gasteiger partial charge in [-0.05, 0) is 24.6 Å². The molecule has 14 heavy (non-hydrogen) atoms. The molecule has 1 aromatic carbocycles. The van der Waals surface area contributed by atoms with E-state index in [1.165, 1.54) is 6.08 Å². The average molecular weight is 254 g/mol. The van der Waals surface area contributed by atoms with Gasteiger partial charge >= 0.3 is 0 Å². The Morgan fingerprint density at radius 3 is 2.86 bits per heavy atom. The van der Waals surface area contributed by atoms with Gasteiger partial charge in [0, 0.05) is 17.1 Å². The molecule has 0 unspecified atom stereocenters. The Kier molecular flexibility index (Phi) is 4.40. The molecule has 0 bridgehead atoms. The van der Waals surface area contributed by atoms with Crippen LogP contribution in [0.4, 0.5) is 0 Å². The van der Waals surface area contributed by atoms with Crippen molar-refractivity contribution in [1.82, 2.24) is 5.32 Å². The van der Waals surface area contributed by atoms with E-state index in [1.54, 1.807) is 6.08 Å². The normalized spacial score (nSPS) is 10.4. The van der Waals surface area contributed by atoms with Crippen molar-refractivity contribution in [3.63, 3.8) is 0 Å². The van der Waals surface area contributed by atoms with Crippen LogP contribution in [0.25, 0.3) is 6.08 Å². The van der Waals surface area contributed by atoms with Gasteiger partial charge in [0.2, 0.25) is 5.91 Å². The molecule has 0 saturated heterocycles. The summed E-state index contributed by atoms with van der Waals surface area (Å²) in [6.45, 7) is 2.54. The Bertz CT molecular complexity index is 347. The summed E-state index contributed by atoms with van der Waals surface area (Å²) in [6, 6.07) is 7.76. The molecule has 1 N–H and O–H groups in total. The third-order valence-electron chi connectivity index (χ3n) is 1.67. The molecule has 1 aromatic rings. The van der Waals surface area contributed by atoms with Crippen LogP contribution in [0.5, 0.6) is 0 Å². The number of amides is 1. The van der Waals surface area contributed by atoms with E-state index in [-0.39, 0.29) is 5.91 Å². The summed E-state index contributed by atoms with van der Waals surface area (Å²) in [6.07, 6.45) is 3.32. The van der Waals surface area contributed by atoms with Crippen molar-refractivity contribution in [3.8, 4) is 0 Å². The zero-order valence-corrected chi connectivity index (χ0v) is 9.54. The molecule has 1 rings (SSSR count). The minimum absolute atomic E-state index is 0.0664. The predicted octanol–water partition coefficient (Wildman–Crippen LogP) is 2.60. The van der Waals surface area contributed by atoms with Gasteiger partial charge in [0.05, 0.1) is 0 Å². The van der Waals surface area contributed by atoms with E-state index in [4.69, 9.17) is 0 Å². The fraction of sp³-hybridized carbons (Fsp3) is 0.182. The summed E-state index contributed by atoms with van der Waals surface area (Å²) in [5, 5.41) is 2.69. The van der Waals surface area contributed by atoms with Crippen molar-refractivity contribution in [2.75, 3.05) is 6.54 Å². The van der Waals surface area contributed by atoms with E-state index in [1.807, 2.05) is 31.2 Å². The zero-order chi connectivity index (χ0) is 10.4. The van der Waals surface area contributed by atoms with Crippen molar-refractivity contribution >= 4 is 27.9 Å². The Morgan fingerprint density at radius 1 is 1.50 bits per heavy atom. The van der Waals surface area contributed by atoms with E-state index in [2.05, 4.69) is 21.2 Å². The number of carbonyl (C=O) groups excluding carboxylic acids is 1. The van der Waals surface area contributed by atoms with E-state index >= 15 is 0 Å². The van der Waals surface area contributed by atoms with Crippen LogP contribution in [0.3, 0.4) is 0 Å². The third kappa shape index (κ3) is 3.34. The highest BCUT2D eigenvalue weighted by molar-refractivity contribution is 9.10. The molecule has 0 aliphatic rings. The maximum Gasteiger partial charge on any atom is 0.243 e. The first-order valence-electron chi connectivity index (χ1n) is 4.44. The topological polar surface area (TPSA) is 29.1 Å². The maximum atomic E-state index is 11.1. The molecule has 0 fully saturated rings. The molecule has 1 amide bonds. The van der Waals surface area contributed by atoms with Crippen molar-refractivity contribution in [3.05, 3.63) is 40.4 Å². The highest BCUT2D eigenvalue weighted by Gasteiger charge is 1.94. The van der Waals surface area contributed by atoms with Crippen LogP contribution >= 0.6 is 15.9 Å². The van der Waals surface area contributed by atoms with Crippen LogP contribution < -0.4 is 5.32 Å². The molecule has 2 nitrogen and oxygen atoms in total. The van der Waals surface area contributed by atoms with Gasteiger partial charge in [0.1, 0.15) is 0 Å². The first-order valence-corrected chi connectivity index (χ1v) is 5.23. The molecule has 0 radical (unpaired) electrons. The van der Waals surface area contributed by atoms with Crippen molar-refractivity contribution in [2.24, 2.45) is 0 Å². The van der Waals surface area contributed by atoms with Gasteiger partial charge < -0.3 is 5.32 Å². The molecular formula is C11H12BrNO. The lowest BCUT2D eigenvalue weighted by atomic mass is 10.2. The fourth-order valence-electron chi connectivity index (χ4n) is 1.01. The van der Waals surface area contributed by atoms with Crippen LogP contribution in [0, 0.1) is 0 Å². The average Bonchev–Trinajstić information content (AvgIpc) is 2.17. The summed E-state index contributed by atoms with van der Waals surface area (Å²) >= 11 is 3.40. The Balaban J connectivity index is 2.69. The van der Waals surface area contributed by atoms with Crippen LogP contribution in [0.1, 0.15) is 12.5 Å². The second kappa shape index (κ2) is 5.60. The molecule has 0 aliphatic carbocycles. The Labute approximate surface area is 92.1 Å². The van der Waals surface area contributed by atoms with Gasteiger partial charge in [-0.3, -0.25) is 4.79 Å². The highest BCUT2D eigenvalue weighted by Crippen LogP contribution is 2.16. The molecular weight excluding hydrogens is 242 g/mol. The summed E-state index contributed by atoms with van der Waals surface area (Å²) < 4.78 is 0.987. The summed E-state index contributed by atoms with van der Waals surface area (Å²) in [5.41, 5.74) is 0.999. The number of benzene rings is 1. The zero-order valence-electron chi connectivity index (χ0n) is 7.96. The van der Waals surface area contributed by atoms with Crippen LogP contribution in [0.15, 0.2) is 34.8 Å². The number of hydrogen-bond donors (Lipinski definition) is 1. The smallest absolute Gasteiger partial charge is 0.243 e. The first kappa shape index (κ1) is 11.0. The van der Waals surface area contributed by atoms with Gasteiger partial charge in [-0.15, -0.1) is 0 Å². The highest BCUT2D eigenvalue weighted by atomic mass is 79.9. The molecule has 0 saturated carbocycles. The Morgan fingerprint density at radius 2 is 2.21 bits per heavy atom. The SMILES string of the molecule is CCNC(=O)C=Cc1ccccc1Br. The quantitative estimate of drug-likeness (QED) is 0.825. The van der Waals surface area contributed by atoms with Gasteiger partial charge in [0.15, 0.2) is 0 Å². The monoisotopic (exact) mass is 253 g/mol. The number of likely N-dealkylation sites (N-methyl/N-ethyl adjacent to an activating group) is 1. The van der Waals surface area contributed by atoms with Crippen molar-refractivity contribution in [1.29, 1.82) is 0 Å². The second-order valence-electron chi connectivity index (χ2n) is 2.75. The van der Waals surface area contributed by atoms with Crippen LogP contribution in [-0.4, -0.2) is 12.5 Å². The second-order valence-corrected chi connectivity index (χ2v) is 3.60. The maximum absolute atomic E-state index is 11.1. The molecule has 0 aromatic heterocycles. The fourth-order valence-corrected chi connectivity index (χ4v) is 1.43. The first-order chi connectivity index (χ1) is 6.74. The van der Waals surface area contributed by atoms with Crippen molar-refractivity contribution in [2.45, 2.75) is 6.92 Å². The molecule has 0 heterocycles. The molecule has 74 valence electrons. The van der Waals surface area contributed by atoms with E-state index in [9.17, 15) is 4.79 Å². The summed E-state index contributed by atoms with van der Waals surface area (Å²) in [4.78, 5) is 11.1. The number of rotatable bonds is 3. The number of carbonyl (C=O) groups is 1. The standard InChI is InChI=1S/C11H12BrNO/c1-2-13-11(14)8-7-9-5-3-4-6-10(9)12/h3-8H,2H2,1H3,(H,13,14). The molecule has 0 aliphatic heterocycles. The van der Waals surface area contributed by atoms with Gasteiger partial charge in [0.25, 0.3) is 0 Å². The summed E-state index contributed by atoms with van der Waals surface area (Å²) in [7, 11) is 0. The lowest BCUT2D eigenvalue weighted by Crippen LogP contribution is -2.19. The van der Waals surface area contributed by atoms with Gasteiger partial charge in [-0.2, -0.15) is 0 Å². The Hall–Kier alpha value is -1.09. The van der Waals surface area contributed by atoms with Gasteiger partial charge in [-0.25, -0.2) is 0 Å². The van der Waals surface area contributed by atoms with Crippen molar-refractivity contribution < 1.29 is 4.79 Å². The minimum atomic E-state index is -0.0664. The molecule has 0 atom stereocenters. The van der Waals surface area contributed by atoms with Crippen LogP contribution in [-0.2, 0) is 4.79 Å². The summed E-state index contributed by atoms with van der Waals surface area (Å²) in [5.74, 6) is -0.0664. The lowest BCUT2D eigenvalue weighted by molar-refractivity contribution is -0.116. The number of nitrogens with one attached hydrogen (secondary N) is 1. The molecule has 3 heteroatoms. The molecule has 0 spiro atoms. The van der Waals surface area contributed by atoms with E-state index in [0.717, 1.165) is 10.0 Å². The van der Waals surface area contributed by atoms with Crippen LogP contribution in [0.2, 0.25) is 0 Å². The van der Waals surface area contributed by atoms with E-state index in [0.29, 0.717) is 6.54 Å². The lowest BCUT2D eigenvalue weighted by Gasteiger charge is -1.97. The minimum Gasteiger partial charge on any atom is -0.353 e.